The largest absolute Gasteiger partial charge is 0.475 e. The van der Waals surface area contributed by atoms with E-state index in [1.807, 2.05) is 0 Å². The van der Waals surface area contributed by atoms with E-state index in [0.29, 0.717) is 26.3 Å². The highest BCUT2D eigenvalue weighted by atomic mass is 16.7. The first-order chi connectivity index (χ1) is 7.27. The molecule has 0 spiro atoms. The number of ether oxygens (including phenoxy) is 3. The Morgan fingerprint density at radius 3 is 3.13 bits per heavy atom. The summed E-state index contributed by atoms with van der Waals surface area (Å²) in [5.41, 5.74) is 0. The van der Waals surface area contributed by atoms with Gasteiger partial charge in [-0.3, -0.25) is 5.32 Å². The van der Waals surface area contributed by atoms with Gasteiger partial charge < -0.3 is 19.3 Å². The van der Waals surface area contributed by atoms with Crippen molar-refractivity contribution in [1.29, 1.82) is 0 Å². The van der Waals surface area contributed by atoms with Crippen LogP contribution in [0.2, 0.25) is 0 Å². The van der Waals surface area contributed by atoms with E-state index in [1.165, 1.54) is 0 Å². The summed E-state index contributed by atoms with van der Waals surface area (Å²) >= 11 is 0. The van der Waals surface area contributed by atoms with Gasteiger partial charge in [-0.15, -0.1) is 0 Å². The van der Waals surface area contributed by atoms with Gasteiger partial charge >= 0.3 is 5.97 Å². The van der Waals surface area contributed by atoms with Crippen LogP contribution in [0.5, 0.6) is 0 Å². The highest BCUT2D eigenvalue weighted by Gasteiger charge is 2.29. The molecule has 1 fully saturated rings. The van der Waals surface area contributed by atoms with Crippen LogP contribution in [-0.4, -0.2) is 55.8 Å². The van der Waals surface area contributed by atoms with Gasteiger partial charge in [0.05, 0.1) is 13.2 Å². The summed E-state index contributed by atoms with van der Waals surface area (Å²) in [7, 11) is 0. The third-order valence-electron chi connectivity index (χ3n) is 1.98. The fourth-order valence-electron chi connectivity index (χ4n) is 1.30. The minimum atomic E-state index is -1.44. The molecule has 0 aromatic rings. The minimum absolute atomic E-state index is 0.0429. The van der Waals surface area contributed by atoms with Crippen molar-refractivity contribution in [1.82, 2.24) is 5.32 Å². The van der Waals surface area contributed by atoms with Gasteiger partial charge in [-0.05, 0) is 0 Å². The van der Waals surface area contributed by atoms with Crippen molar-refractivity contribution >= 4 is 11.9 Å². The fraction of sp³-hybridized carbons (Fsp3) is 0.750. The first-order valence-electron chi connectivity index (χ1n) is 4.68. The number of hydrogen-bond donors (Lipinski definition) is 2. The molecule has 0 amide bonds. The number of nitrogens with zero attached hydrogens (tertiary/aromatic N) is 1. The Labute approximate surface area is 86.0 Å². The number of esters is 1. The Kier molecular flexibility index (Phi) is 3.14. The number of aliphatic hydroxyl groups is 1. The first-order valence-corrected chi connectivity index (χ1v) is 4.68. The predicted molar refractivity (Wildman–Crippen MR) is 48.1 cm³/mol. The molecule has 2 heterocycles. The summed E-state index contributed by atoms with van der Waals surface area (Å²) in [5, 5.41) is 12.2. The molecule has 2 aliphatic heterocycles. The molecule has 0 saturated carbocycles. The van der Waals surface area contributed by atoms with Crippen LogP contribution in [-0.2, 0) is 19.0 Å². The minimum Gasteiger partial charge on any atom is -0.475 e. The van der Waals surface area contributed by atoms with Crippen molar-refractivity contribution in [2.75, 3.05) is 26.3 Å². The summed E-state index contributed by atoms with van der Waals surface area (Å²) in [6, 6.07) is 0. The van der Waals surface area contributed by atoms with Gasteiger partial charge in [0.2, 0.25) is 6.23 Å². The zero-order valence-corrected chi connectivity index (χ0v) is 8.01. The molecule has 0 radical (unpaired) electrons. The molecule has 0 bridgehead atoms. The Bertz CT molecular complexity index is 274. The van der Waals surface area contributed by atoms with Crippen molar-refractivity contribution in [3.63, 3.8) is 0 Å². The van der Waals surface area contributed by atoms with Crippen LogP contribution >= 0.6 is 0 Å². The summed E-state index contributed by atoms with van der Waals surface area (Å²) < 4.78 is 14.6. The Balaban J connectivity index is 1.82. The molecule has 2 atom stereocenters. The second kappa shape index (κ2) is 4.56. The zero-order valence-electron chi connectivity index (χ0n) is 8.01. The standard InChI is InChI=1S/C8H12N2O5/c11-7(5-9-1-3-13-5)15-8(12)6-10-2-4-14-6/h5,8-9,12H,1-4H2. The lowest BCUT2D eigenvalue weighted by Crippen LogP contribution is -2.38. The van der Waals surface area contributed by atoms with Crippen molar-refractivity contribution in [2.45, 2.75) is 12.5 Å². The van der Waals surface area contributed by atoms with Gasteiger partial charge in [0.1, 0.15) is 6.61 Å². The lowest BCUT2D eigenvalue weighted by atomic mass is 10.5. The molecular formula is C8H12N2O5. The van der Waals surface area contributed by atoms with Gasteiger partial charge in [0.15, 0.2) is 0 Å². The number of rotatable bonds is 3. The van der Waals surface area contributed by atoms with Crippen molar-refractivity contribution in [3.05, 3.63) is 0 Å². The quantitative estimate of drug-likeness (QED) is 0.428. The summed E-state index contributed by atoms with van der Waals surface area (Å²) in [4.78, 5) is 15.2. The molecule has 7 nitrogen and oxygen atoms in total. The molecule has 1 saturated heterocycles. The van der Waals surface area contributed by atoms with Crippen LogP contribution in [0.1, 0.15) is 0 Å². The molecule has 2 N–H and O–H groups in total. The van der Waals surface area contributed by atoms with E-state index < -0.39 is 18.5 Å². The third kappa shape index (κ3) is 2.44. The normalized spacial score (nSPS) is 27.0. The topological polar surface area (TPSA) is 89.4 Å². The predicted octanol–water partition coefficient (Wildman–Crippen LogP) is -1.78. The molecule has 0 aliphatic carbocycles. The molecule has 0 aromatic heterocycles. The van der Waals surface area contributed by atoms with Crippen LogP contribution in [0.25, 0.3) is 0 Å². The lowest BCUT2D eigenvalue weighted by molar-refractivity contribution is -0.171. The van der Waals surface area contributed by atoms with Crippen LogP contribution in [0, 0.1) is 0 Å². The second-order valence-electron chi connectivity index (χ2n) is 3.06. The van der Waals surface area contributed by atoms with Crippen LogP contribution in [0.4, 0.5) is 0 Å². The maximum absolute atomic E-state index is 11.3. The van der Waals surface area contributed by atoms with Crippen molar-refractivity contribution in [3.8, 4) is 0 Å². The number of aliphatic hydroxyl groups excluding tert-OH is 1. The van der Waals surface area contributed by atoms with Crippen LogP contribution < -0.4 is 5.32 Å². The van der Waals surface area contributed by atoms with Crippen LogP contribution in [0.15, 0.2) is 4.99 Å². The molecule has 7 heteroatoms. The zero-order chi connectivity index (χ0) is 10.7. The molecule has 15 heavy (non-hydrogen) atoms. The fourth-order valence-corrected chi connectivity index (χ4v) is 1.30. The Hall–Kier alpha value is -1.18. The van der Waals surface area contributed by atoms with E-state index in [9.17, 15) is 9.90 Å². The van der Waals surface area contributed by atoms with E-state index in [2.05, 4.69) is 10.3 Å². The van der Waals surface area contributed by atoms with Gasteiger partial charge in [-0.1, -0.05) is 0 Å². The van der Waals surface area contributed by atoms with E-state index in [-0.39, 0.29) is 5.90 Å². The monoisotopic (exact) mass is 216 g/mol. The number of hydrogen-bond acceptors (Lipinski definition) is 7. The second-order valence-corrected chi connectivity index (χ2v) is 3.06. The molecule has 2 unspecified atom stereocenters. The van der Waals surface area contributed by atoms with Gasteiger partial charge in [0, 0.05) is 6.54 Å². The number of nitrogens with one attached hydrogen (secondary N) is 1. The Morgan fingerprint density at radius 2 is 2.53 bits per heavy atom. The molecule has 2 rings (SSSR count). The highest BCUT2D eigenvalue weighted by molar-refractivity contribution is 5.84. The van der Waals surface area contributed by atoms with E-state index >= 15 is 0 Å². The summed E-state index contributed by atoms with van der Waals surface area (Å²) in [5.74, 6) is -0.625. The maximum Gasteiger partial charge on any atom is 0.353 e. The van der Waals surface area contributed by atoms with E-state index in [4.69, 9.17) is 14.2 Å². The van der Waals surface area contributed by atoms with Gasteiger partial charge in [-0.25, -0.2) is 9.79 Å². The maximum atomic E-state index is 11.3. The van der Waals surface area contributed by atoms with E-state index in [1.54, 1.807) is 0 Å². The average Bonchev–Trinajstić information content (AvgIpc) is 2.91. The molecular weight excluding hydrogens is 204 g/mol. The molecule has 84 valence electrons. The highest BCUT2D eigenvalue weighted by Crippen LogP contribution is 2.05. The lowest BCUT2D eigenvalue weighted by Gasteiger charge is -2.14. The first kappa shape index (κ1) is 10.3. The molecule has 0 aromatic carbocycles. The van der Waals surface area contributed by atoms with Gasteiger partial charge in [0.25, 0.3) is 12.2 Å². The van der Waals surface area contributed by atoms with Gasteiger partial charge in [-0.2, -0.15) is 0 Å². The average molecular weight is 216 g/mol. The Morgan fingerprint density at radius 1 is 1.67 bits per heavy atom. The van der Waals surface area contributed by atoms with Crippen LogP contribution in [0.3, 0.4) is 0 Å². The van der Waals surface area contributed by atoms with Crippen molar-refractivity contribution in [2.24, 2.45) is 4.99 Å². The smallest absolute Gasteiger partial charge is 0.353 e. The summed E-state index contributed by atoms with van der Waals surface area (Å²) in [6.07, 6.45) is -2.24. The SMILES string of the molecule is O=C(OC(O)C1=NCCO1)C1NCCO1. The number of carbonyl (C=O) groups excluding carboxylic acids is 1. The number of aliphatic imine (C=N–C) groups is 1. The molecule has 2 aliphatic rings. The number of carbonyl (C=O) groups is 1. The summed E-state index contributed by atoms with van der Waals surface area (Å²) in [6.45, 7) is 1.92. The van der Waals surface area contributed by atoms with Crippen molar-refractivity contribution < 1.29 is 24.1 Å². The van der Waals surface area contributed by atoms with E-state index in [0.717, 1.165) is 0 Å². The third-order valence-corrected chi connectivity index (χ3v) is 1.98.